The molecule has 0 aliphatic carbocycles. The van der Waals surface area contributed by atoms with Gasteiger partial charge in [0, 0.05) is 0 Å². The molecule has 160 valence electrons. The number of carbonyl (C=O) groups excluding carboxylic acids is 3. The first kappa shape index (κ1) is 26.8. The third-order valence-electron chi connectivity index (χ3n) is 4.51. The standard InChI is InChI=1S/C19H20N2O2.C3H6O4.Na/c1-2-3-14-17-18(22)20(15-10-6-4-7-11-15)21(19(17)23)16-12-8-5-9-13-16;4-1-2(5)3(6)7;/h4-13,17H,2-3,14H2,1H3;2,4-5H,1H2,(H,6,7);/q;;+1/p-1. The van der Waals surface area contributed by atoms with E-state index >= 15 is 0 Å². The van der Waals surface area contributed by atoms with Crippen LogP contribution < -0.4 is 44.7 Å². The van der Waals surface area contributed by atoms with E-state index < -0.39 is 24.6 Å². The smallest absolute Gasteiger partial charge is 0.547 e. The first-order chi connectivity index (χ1) is 14.4. The van der Waals surface area contributed by atoms with Gasteiger partial charge in [-0.3, -0.25) is 9.59 Å². The van der Waals surface area contributed by atoms with E-state index in [9.17, 15) is 19.5 Å². The molecule has 1 unspecified atom stereocenters. The number of carboxylic acid groups (broad SMARTS) is 1. The fraction of sp³-hybridized carbons (Fsp3) is 0.318. The molecule has 2 aromatic carbocycles. The molecule has 1 atom stereocenters. The van der Waals surface area contributed by atoms with Gasteiger partial charge >= 0.3 is 29.6 Å². The summed E-state index contributed by atoms with van der Waals surface area (Å²) in [5.74, 6) is -2.52. The van der Waals surface area contributed by atoms with E-state index in [1.807, 2.05) is 60.7 Å². The Labute approximate surface area is 203 Å². The third-order valence-corrected chi connectivity index (χ3v) is 4.51. The van der Waals surface area contributed by atoms with Crippen molar-refractivity contribution >= 4 is 29.2 Å². The molecule has 0 saturated carbocycles. The number of hydrogen-bond acceptors (Lipinski definition) is 6. The first-order valence-electron chi connectivity index (χ1n) is 9.70. The molecule has 2 amide bonds. The summed E-state index contributed by atoms with van der Waals surface area (Å²) in [6.07, 6.45) is 0.696. The van der Waals surface area contributed by atoms with Gasteiger partial charge in [0.2, 0.25) is 0 Å². The molecule has 2 N–H and O–H groups in total. The van der Waals surface area contributed by atoms with Crippen molar-refractivity contribution in [3.05, 3.63) is 60.7 Å². The number of hydrogen-bond donors (Lipinski definition) is 2. The molecule has 0 spiro atoms. The van der Waals surface area contributed by atoms with Crippen LogP contribution in [0.15, 0.2) is 60.7 Å². The van der Waals surface area contributed by atoms with Crippen LogP contribution in [0, 0.1) is 5.92 Å². The van der Waals surface area contributed by atoms with Crippen molar-refractivity contribution in [1.82, 2.24) is 0 Å². The van der Waals surface area contributed by atoms with Gasteiger partial charge in [0.15, 0.2) is 0 Å². The van der Waals surface area contributed by atoms with Gasteiger partial charge in [0.1, 0.15) is 12.0 Å². The molecule has 8 nitrogen and oxygen atoms in total. The number of nitrogens with zero attached hydrogens (tertiary/aromatic N) is 2. The molecule has 0 bridgehead atoms. The molecule has 2 aromatic rings. The predicted molar refractivity (Wildman–Crippen MR) is 109 cm³/mol. The minimum atomic E-state index is -1.74. The zero-order chi connectivity index (χ0) is 22.1. The molecule has 1 heterocycles. The molecule has 1 aliphatic heterocycles. The van der Waals surface area contributed by atoms with Crippen molar-refractivity contribution in [3.8, 4) is 0 Å². The number of aliphatic hydroxyl groups is 2. The van der Waals surface area contributed by atoms with Crippen LogP contribution in [0.25, 0.3) is 0 Å². The van der Waals surface area contributed by atoms with Gasteiger partial charge in [-0.15, -0.1) is 0 Å². The average Bonchev–Trinajstić information content (AvgIpc) is 3.02. The number of aliphatic carboxylic acids is 1. The van der Waals surface area contributed by atoms with Gasteiger partial charge in [0.05, 0.1) is 24.0 Å². The van der Waals surface area contributed by atoms with Crippen molar-refractivity contribution in [1.29, 1.82) is 0 Å². The molecule has 1 aliphatic rings. The zero-order valence-electron chi connectivity index (χ0n) is 17.7. The Balaban J connectivity index is 0.000000523. The van der Waals surface area contributed by atoms with E-state index in [2.05, 4.69) is 6.92 Å². The summed E-state index contributed by atoms with van der Waals surface area (Å²) in [6.45, 7) is 1.27. The summed E-state index contributed by atoms with van der Waals surface area (Å²) in [5.41, 5.74) is 1.43. The second-order valence-corrected chi connectivity index (χ2v) is 6.68. The maximum Gasteiger partial charge on any atom is 1.00 e. The Morgan fingerprint density at radius 3 is 1.68 bits per heavy atom. The average molecular weight is 436 g/mol. The minimum Gasteiger partial charge on any atom is -0.547 e. The summed E-state index contributed by atoms with van der Waals surface area (Å²) in [7, 11) is 0. The van der Waals surface area contributed by atoms with Gasteiger partial charge in [0.25, 0.3) is 11.8 Å². The van der Waals surface area contributed by atoms with Crippen molar-refractivity contribution < 1.29 is 59.3 Å². The number of benzene rings is 2. The summed E-state index contributed by atoms with van der Waals surface area (Å²) in [5, 5.41) is 28.3. The van der Waals surface area contributed by atoms with Gasteiger partial charge in [-0.1, -0.05) is 56.2 Å². The second-order valence-electron chi connectivity index (χ2n) is 6.68. The molecular formula is C22H25N2NaO6. The van der Waals surface area contributed by atoms with E-state index in [0.29, 0.717) is 17.8 Å². The monoisotopic (exact) mass is 436 g/mol. The zero-order valence-corrected chi connectivity index (χ0v) is 19.7. The minimum absolute atomic E-state index is 0. The van der Waals surface area contributed by atoms with E-state index in [1.165, 1.54) is 10.0 Å². The van der Waals surface area contributed by atoms with Crippen LogP contribution >= 0.6 is 0 Å². The second kappa shape index (κ2) is 13.2. The van der Waals surface area contributed by atoms with E-state index in [4.69, 9.17) is 10.2 Å². The number of rotatable bonds is 7. The van der Waals surface area contributed by atoms with Gasteiger partial charge in [-0.05, 0) is 30.7 Å². The number of carbonyl (C=O) groups is 3. The summed E-state index contributed by atoms with van der Waals surface area (Å²) in [4.78, 5) is 35.1. The van der Waals surface area contributed by atoms with Crippen LogP contribution in [0.2, 0.25) is 0 Å². The summed E-state index contributed by atoms with van der Waals surface area (Å²) < 4.78 is 0. The molecule has 1 saturated heterocycles. The Bertz CT molecular complexity index is 792. The first-order valence-corrected chi connectivity index (χ1v) is 9.70. The SMILES string of the molecule is CCCCC1C(=O)N(c2ccccc2)N(c2ccccc2)C1=O.O=C([O-])C(O)CO.[Na+]. The fourth-order valence-electron chi connectivity index (χ4n) is 2.95. The van der Waals surface area contributed by atoms with E-state index in [-0.39, 0.29) is 41.4 Å². The Kier molecular flexibility index (Phi) is 11.4. The van der Waals surface area contributed by atoms with E-state index in [1.54, 1.807) is 0 Å². The van der Waals surface area contributed by atoms with Crippen LogP contribution in [-0.2, 0) is 14.4 Å². The van der Waals surface area contributed by atoms with Gasteiger partial charge in [-0.25, -0.2) is 10.0 Å². The number of unbranched alkanes of at least 4 members (excludes halogenated alkanes) is 1. The van der Waals surface area contributed by atoms with Crippen LogP contribution in [-0.4, -0.2) is 40.7 Å². The molecule has 3 rings (SSSR count). The fourth-order valence-corrected chi connectivity index (χ4v) is 2.95. The third kappa shape index (κ3) is 6.88. The maximum atomic E-state index is 12.9. The van der Waals surface area contributed by atoms with Crippen molar-refractivity contribution in [2.24, 2.45) is 5.92 Å². The van der Waals surface area contributed by atoms with Crippen LogP contribution in [0.4, 0.5) is 11.4 Å². The van der Waals surface area contributed by atoms with Crippen LogP contribution in [0.1, 0.15) is 26.2 Å². The topological polar surface area (TPSA) is 121 Å². The van der Waals surface area contributed by atoms with Crippen LogP contribution in [0.5, 0.6) is 0 Å². The Hall–Kier alpha value is -2.23. The molecule has 0 aromatic heterocycles. The molecule has 0 radical (unpaired) electrons. The summed E-state index contributed by atoms with van der Waals surface area (Å²) >= 11 is 0. The molecular weight excluding hydrogens is 411 g/mol. The largest absolute Gasteiger partial charge is 1.00 e. The predicted octanol–water partition coefficient (Wildman–Crippen LogP) is -2.12. The quantitative estimate of drug-likeness (QED) is 0.378. The normalized spacial score (nSPS) is 14.5. The van der Waals surface area contributed by atoms with Crippen molar-refractivity contribution in [2.45, 2.75) is 32.3 Å². The summed E-state index contributed by atoms with van der Waals surface area (Å²) in [6, 6.07) is 18.7. The number of aliphatic hydroxyl groups excluding tert-OH is 2. The van der Waals surface area contributed by atoms with Gasteiger partial charge in [-0.2, -0.15) is 0 Å². The van der Waals surface area contributed by atoms with Crippen molar-refractivity contribution in [3.63, 3.8) is 0 Å². The number of carboxylic acids is 1. The number of hydrazine groups is 1. The molecule has 31 heavy (non-hydrogen) atoms. The van der Waals surface area contributed by atoms with Crippen LogP contribution in [0.3, 0.4) is 0 Å². The Morgan fingerprint density at radius 1 is 0.968 bits per heavy atom. The number of amides is 2. The number of para-hydroxylation sites is 2. The van der Waals surface area contributed by atoms with E-state index in [0.717, 1.165) is 12.8 Å². The molecule has 1 fully saturated rings. The Morgan fingerprint density at radius 2 is 1.39 bits per heavy atom. The maximum absolute atomic E-state index is 12.9. The van der Waals surface area contributed by atoms with Crippen molar-refractivity contribution in [2.75, 3.05) is 16.6 Å². The number of anilines is 2. The molecule has 9 heteroatoms. The van der Waals surface area contributed by atoms with Gasteiger partial charge < -0.3 is 20.1 Å².